The minimum atomic E-state index is 0.318. The van der Waals surface area contributed by atoms with Crippen molar-refractivity contribution in [2.75, 3.05) is 26.3 Å². The molecule has 3 N–H and O–H groups in total. The lowest BCUT2D eigenvalue weighted by Gasteiger charge is -2.41. The second-order valence-corrected chi connectivity index (χ2v) is 6.19. The van der Waals surface area contributed by atoms with E-state index in [4.69, 9.17) is 10.5 Å². The van der Waals surface area contributed by atoms with Crippen LogP contribution in [0.5, 0.6) is 0 Å². The quantitative estimate of drug-likeness (QED) is 0.419. The van der Waals surface area contributed by atoms with Crippen LogP contribution in [-0.2, 0) is 11.2 Å². The zero-order chi connectivity index (χ0) is 15.7. The second-order valence-electron chi connectivity index (χ2n) is 6.19. The van der Waals surface area contributed by atoms with Crippen LogP contribution in [0, 0.1) is 5.41 Å². The summed E-state index contributed by atoms with van der Waals surface area (Å²) >= 11 is 0. The summed E-state index contributed by atoms with van der Waals surface area (Å²) in [5.74, 6) is 0.566. The molecule has 0 bridgehead atoms. The third-order valence-electron chi connectivity index (χ3n) is 4.40. The molecule has 0 saturated heterocycles. The molecule has 4 nitrogen and oxygen atoms in total. The van der Waals surface area contributed by atoms with Crippen LogP contribution < -0.4 is 11.1 Å². The summed E-state index contributed by atoms with van der Waals surface area (Å²) in [6, 6.07) is 10.7. The molecule has 22 heavy (non-hydrogen) atoms. The molecule has 0 aromatic heterocycles. The van der Waals surface area contributed by atoms with Gasteiger partial charge in [0.2, 0.25) is 0 Å². The van der Waals surface area contributed by atoms with Crippen molar-refractivity contribution in [3.63, 3.8) is 0 Å². The summed E-state index contributed by atoms with van der Waals surface area (Å²) in [7, 11) is 0. The van der Waals surface area contributed by atoms with Crippen LogP contribution in [0.15, 0.2) is 35.3 Å². The number of ether oxygens (including phenoxy) is 1. The van der Waals surface area contributed by atoms with Crippen LogP contribution in [0.1, 0.15) is 38.2 Å². The Morgan fingerprint density at radius 3 is 2.73 bits per heavy atom. The number of nitrogens with two attached hydrogens (primary N) is 1. The number of hydrogen-bond acceptors (Lipinski definition) is 2. The summed E-state index contributed by atoms with van der Waals surface area (Å²) < 4.78 is 5.30. The van der Waals surface area contributed by atoms with E-state index in [2.05, 4.69) is 40.6 Å². The Balaban J connectivity index is 1.76. The Bertz CT molecular complexity index is 455. The fraction of sp³-hybridized carbons (Fsp3) is 0.611. The van der Waals surface area contributed by atoms with Crippen LogP contribution in [0.3, 0.4) is 0 Å². The van der Waals surface area contributed by atoms with Gasteiger partial charge >= 0.3 is 0 Å². The standard InChI is InChI=1S/C18H29N3O/c1-2-22-13-7-12-20-17(19)21-15-18(10-6-11-18)14-16-8-4-3-5-9-16/h3-5,8-9H,2,6-7,10-15H2,1H3,(H3,19,20,21). The van der Waals surface area contributed by atoms with E-state index in [0.717, 1.165) is 39.1 Å². The Morgan fingerprint density at radius 2 is 2.09 bits per heavy atom. The highest BCUT2D eigenvalue weighted by Crippen LogP contribution is 2.43. The van der Waals surface area contributed by atoms with Gasteiger partial charge in [-0.15, -0.1) is 0 Å². The number of hydrogen-bond donors (Lipinski definition) is 2. The molecule has 0 unspecified atom stereocenters. The van der Waals surface area contributed by atoms with Crippen LogP contribution in [0.25, 0.3) is 0 Å². The Labute approximate surface area is 134 Å². The maximum Gasteiger partial charge on any atom is 0.188 e. The van der Waals surface area contributed by atoms with Crippen molar-refractivity contribution in [1.29, 1.82) is 0 Å². The third-order valence-corrected chi connectivity index (χ3v) is 4.40. The summed E-state index contributed by atoms with van der Waals surface area (Å²) in [6.07, 6.45) is 5.88. The number of benzene rings is 1. The zero-order valence-corrected chi connectivity index (χ0v) is 13.7. The molecule has 1 fully saturated rings. The molecule has 122 valence electrons. The van der Waals surface area contributed by atoms with Gasteiger partial charge in [-0.2, -0.15) is 0 Å². The van der Waals surface area contributed by atoms with Crippen molar-refractivity contribution < 1.29 is 4.74 Å². The highest BCUT2D eigenvalue weighted by atomic mass is 16.5. The van der Waals surface area contributed by atoms with E-state index < -0.39 is 0 Å². The van der Waals surface area contributed by atoms with Crippen LogP contribution >= 0.6 is 0 Å². The van der Waals surface area contributed by atoms with E-state index in [0.29, 0.717) is 11.4 Å². The van der Waals surface area contributed by atoms with E-state index in [1.54, 1.807) is 0 Å². The average Bonchev–Trinajstić information content (AvgIpc) is 2.50. The number of guanidine groups is 1. The van der Waals surface area contributed by atoms with Crippen molar-refractivity contribution in [2.45, 2.75) is 39.0 Å². The van der Waals surface area contributed by atoms with Crippen molar-refractivity contribution in [3.8, 4) is 0 Å². The molecule has 0 aliphatic heterocycles. The lowest BCUT2D eigenvalue weighted by atomic mass is 9.65. The first-order valence-electron chi connectivity index (χ1n) is 8.39. The molecular weight excluding hydrogens is 274 g/mol. The third kappa shape index (κ3) is 5.34. The van der Waals surface area contributed by atoms with Gasteiger partial charge in [-0.05, 0) is 43.6 Å². The maximum absolute atomic E-state index is 5.97. The van der Waals surface area contributed by atoms with Gasteiger partial charge in [-0.3, -0.25) is 4.99 Å². The van der Waals surface area contributed by atoms with Gasteiger partial charge in [-0.25, -0.2) is 0 Å². The summed E-state index contributed by atoms with van der Waals surface area (Å²) in [4.78, 5) is 4.57. The Hall–Kier alpha value is -1.55. The summed E-state index contributed by atoms with van der Waals surface area (Å²) in [6.45, 7) is 5.20. The van der Waals surface area contributed by atoms with Gasteiger partial charge in [-0.1, -0.05) is 36.8 Å². The number of nitrogens with one attached hydrogen (secondary N) is 1. The fourth-order valence-electron chi connectivity index (χ4n) is 2.94. The first-order valence-corrected chi connectivity index (χ1v) is 8.39. The van der Waals surface area contributed by atoms with Gasteiger partial charge in [0, 0.05) is 26.3 Å². The Kier molecular flexibility index (Phi) is 6.72. The van der Waals surface area contributed by atoms with Crippen molar-refractivity contribution in [3.05, 3.63) is 35.9 Å². The molecule has 2 rings (SSSR count). The lowest BCUT2D eigenvalue weighted by Crippen LogP contribution is -2.38. The van der Waals surface area contributed by atoms with E-state index in [1.807, 2.05) is 6.92 Å². The van der Waals surface area contributed by atoms with Crippen LogP contribution in [0.4, 0.5) is 0 Å². The highest BCUT2D eigenvalue weighted by Gasteiger charge is 2.36. The lowest BCUT2D eigenvalue weighted by molar-refractivity contribution is 0.144. The average molecular weight is 303 g/mol. The predicted molar refractivity (Wildman–Crippen MR) is 92.0 cm³/mol. The normalized spacial score (nSPS) is 17.0. The molecule has 0 radical (unpaired) electrons. The van der Waals surface area contributed by atoms with Gasteiger partial charge in [0.25, 0.3) is 0 Å². The molecule has 0 spiro atoms. The van der Waals surface area contributed by atoms with Crippen LogP contribution in [0.2, 0.25) is 0 Å². The van der Waals surface area contributed by atoms with E-state index in [9.17, 15) is 0 Å². The fourth-order valence-corrected chi connectivity index (χ4v) is 2.94. The monoisotopic (exact) mass is 303 g/mol. The SMILES string of the molecule is CCOCCCNC(N)=NCC1(Cc2ccccc2)CCC1. The number of nitrogens with zero attached hydrogens (tertiary/aromatic N) is 1. The minimum absolute atomic E-state index is 0.318. The van der Waals surface area contributed by atoms with E-state index in [1.165, 1.54) is 24.8 Å². The first-order chi connectivity index (χ1) is 10.7. The van der Waals surface area contributed by atoms with Gasteiger partial charge in [0.15, 0.2) is 5.96 Å². The van der Waals surface area contributed by atoms with Gasteiger partial charge < -0.3 is 15.8 Å². The predicted octanol–water partition coefficient (Wildman–Crippen LogP) is 2.73. The van der Waals surface area contributed by atoms with Crippen molar-refractivity contribution in [1.82, 2.24) is 5.32 Å². The van der Waals surface area contributed by atoms with Crippen molar-refractivity contribution >= 4 is 5.96 Å². The molecule has 4 heteroatoms. The smallest absolute Gasteiger partial charge is 0.188 e. The van der Waals surface area contributed by atoms with Gasteiger partial charge in [0.05, 0.1) is 0 Å². The number of rotatable bonds is 9. The van der Waals surface area contributed by atoms with Crippen molar-refractivity contribution in [2.24, 2.45) is 16.1 Å². The second kappa shape index (κ2) is 8.79. The number of aliphatic imine (C=N–C) groups is 1. The molecule has 1 saturated carbocycles. The van der Waals surface area contributed by atoms with Crippen LogP contribution in [-0.4, -0.2) is 32.3 Å². The molecule has 1 aliphatic rings. The minimum Gasteiger partial charge on any atom is -0.382 e. The molecule has 0 amide bonds. The maximum atomic E-state index is 5.97. The topological polar surface area (TPSA) is 59.6 Å². The molecule has 0 atom stereocenters. The molecular formula is C18H29N3O. The summed E-state index contributed by atoms with van der Waals surface area (Å²) in [5, 5.41) is 3.17. The molecule has 1 aromatic rings. The summed E-state index contributed by atoms with van der Waals surface area (Å²) in [5.41, 5.74) is 7.69. The molecule has 1 aliphatic carbocycles. The molecule has 1 aromatic carbocycles. The highest BCUT2D eigenvalue weighted by molar-refractivity contribution is 5.77. The zero-order valence-electron chi connectivity index (χ0n) is 13.7. The Morgan fingerprint density at radius 1 is 1.32 bits per heavy atom. The van der Waals surface area contributed by atoms with E-state index in [-0.39, 0.29) is 0 Å². The van der Waals surface area contributed by atoms with Gasteiger partial charge in [0.1, 0.15) is 0 Å². The van der Waals surface area contributed by atoms with E-state index >= 15 is 0 Å². The largest absolute Gasteiger partial charge is 0.382 e. The first kappa shape index (κ1) is 16.8. The molecule has 0 heterocycles.